The van der Waals surface area contributed by atoms with Crippen LogP contribution in [0.3, 0.4) is 0 Å². The first kappa shape index (κ1) is 8.87. The van der Waals surface area contributed by atoms with Crippen LogP contribution in [0.5, 0.6) is 0 Å². The summed E-state index contributed by atoms with van der Waals surface area (Å²) in [6.07, 6.45) is 0. The fourth-order valence-electron chi connectivity index (χ4n) is 0.172. The minimum Gasteiger partial charge on any atom is -0.391 e. The Kier molecular flexibility index (Phi) is 5.23. The number of rotatable bonds is 2. The number of aliphatic hydroxyl groups is 2. The highest BCUT2D eigenvalue weighted by Crippen LogP contribution is 2.16. The van der Waals surface area contributed by atoms with Crippen LogP contribution in [-0.2, 0) is 0 Å². The van der Waals surface area contributed by atoms with Crippen LogP contribution in [0, 0.1) is 0 Å². The van der Waals surface area contributed by atoms with Crippen molar-refractivity contribution in [3.05, 3.63) is 8.06 Å². The second-order valence-corrected chi connectivity index (χ2v) is 3.39. The molecule has 0 heterocycles. The van der Waals surface area contributed by atoms with Crippen LogP contribution in [0.1, 0.15) is 0 Å². The number of hydrogen-bond donors (Lipinski definition) is 2. The van der Waals surface area contributed by atoms with Crippen LogP contribution in [0.25, 0.3) is 0 Å². The molecule has 0 rings (SSSR count). The van der Waals surface area contributed by atoms with Gasteiger partial charge >= 0.3 is 0 Å². The van der Waals surface area contributed by atoms with Gasteiger partial charge in [0.1, 0.15) is 0 Å². The lowest BCUT2D eigenvalue weighted by atomic mass is 10.5. The minimum absolute atomic E-state index is 0.0122. The first-order valence-electron chi connectivity index (χ1n) is 1.97. The molecule has 0 aliphatic rings. The van der Waals surface area contributed by atoms with E-state index >= 15 is 0 Å². The summed E-state index contributed by atoms with van der Waals surface area (Å²) in [7, 11) is 0. The van der Waals surface area contributed by atoms with Gasteiger partial charge in [0.2, 0.25) is 0 Å². The summed E-state index contributed by atoms with van der Waals surface area (Å²) in [6.45, 7) is -0.0550. The predicted molar refractivity (Wildman–Crippen MR) is 44.1 cm³/mol. The molecule has 0 radical (unpaired) electrons. The van der Waals surface area contributed by atoms with Crippen LogP contribution in [0.2, 0.25) is 0 Å². The van der Waals surface area contributed by atoms with E-state index in [4.69, 9.17) is 10.2 Å². The molecular weight excluding hydrogens is 287 g/mol. The average Bonchev–Trinajstić information content (AvgIpc) is 1.84. The second-order valence-electron chi connectivity index (χ2n) is 1.13. The van der Waals surface area contributed by atoms with Gasteiger partial charge in [-0.1, -0.05) is 15.9 Å². The SMILES string of the molecule is OCC(Br)=C(I)CO. The number of aliphatic hydroxyl groups excluding tert-OH is 2. The van der Waals surface area contributed by atoms with E-state index in [2.05, 4.69) is 15.9 Å². The number of halogens is 2. The Morgan fingerprint density at radius 3 is 2.00 bits per heavy atom. The van der Waals surface area contributed by atoms with Crippen LogP contribution in [-0.4, -0.2) is 23.4 Å². The Morgan fingerprint density at radius 1 is 1.38 bits per heavy atom. The van der Waals surface area contributed by atoms with Crippen molar-refractivity contribution in [2.24, 2.45) is 0 Å². The Morgan fingerprint density at radius 2 is 1.88 bits per heavy atom. The van der Waals surface area contributed by atoms with Crippen molar-refractivity contribution in [1.29, 1.82) is 0 Å². The van der Waals surface area contributed by atoms with Crippen molar-refractivity contribution < 1.29 is 10.2 Å². The molecule has 0 bridgehead atoms. The minimum atomic E-state index is -0.0428. The van der Waals surface area contributed by atoms with E-state index in [1.165, 1.54) is 0 Å². The molecule has 0 aromatic rings. The van der Waals surface area contributed by atoms with Gasteiger partial charge in [0.05, 0.1) is 13.2 Å². The van der Waals surface area contributed by atoms with Gasteiger partial charge in [-0.05, 0) is 22.6 Å². The molecule has 0 amide bonds. The van der Waals surface area contributed by atoms with Crippen molar-refractivity contribution in [2.45, 2.75) is 0 Å². The van der Waals surface area contributed by atoms with Crippen molar-refractivity contribution >= 4 is 38.5 Å². The maximum Gasteiger partial charge on any atom is 0.0755 e. The van der Waals surface area contributed by atoms with E-state index < -0.39 is 0 Å². The van der Waals surface area contributed by atoms with Gasteiger partial charge in [-0.3, -0.25) is 0 Å². The van der Waals surface area contributed by atoms with Crippen molar-refractivity contribution in [3.8, 4) is 0 Å². The van der Waals surface area contributed by atoms with E-state index in [0.717, 1.165) is 3.58 Å². The Bertz CT molecular complexity index is 90.2. The summed E-state index contributed by atoms with van der Waals surface area (Å²) < 4.78 is 1.39. The molecule has 4 heteroatoms. The lowest BCUT2D eigenvalue weighted by Crippen LogP contribution is -1.88. The average molecular weight is 293 g/mol. The normalized spacial score (nSPS) is 13.5. The van der Waals surface area contributed by atoms with Gasteiger partial charge in [-0.2, -0.15) is 0 Å². The standard InChI is InChI=1S/C4H6BrIO2/c5-3(1-7)4(6)2-8/h7-8H,1-2H2. The van der Waals surface area contributed by atoms with Crippen LogP contribution >= 0.6 is 38.5 Å². The third-order valence-electron chi connectivity index (χ3n) is 0.572. The third-order valence-corrected chi connectivity index (χ3v) is 3.03. The van der Waals surface area contributed by atoms with E-state index in [-0.39, 0.29) is 13.2 Å². The Labute approximate surface area is 69.9 Å². The highest BCUT2D eigenvalue weighted by atomic mass is 127. The summed E-state index contributed by atoms with van der Waals surface area (Å²) in [4.78, 5) is 0. The zero-order valence-corrected chi connectivity index (χ0v) is 7.81. The zero-order valence-electron chi connectivity index (χ0n) is 4.06. The first-order valence-corrected chi connectivity index (χ1v) is 3.84. The molecule has 0 unspecified atom stereocenters. The molecular formula is C4H6BrIO2. The molecule has 48 valence electrons. The molecule has 2 N–H and O–H groups in total. The molecule has 0 fully saturated rings. The number of hydrogen-bond acceptors (Lipinski definition) is 2. The Balaban J connectivity index is 3.83. The maximum atomic E-state index is 8.43. The molecule has 0 aromatic carbocycles. The summed E-state index contributed by atoms with van der Waals surface area (Å²) in [5.41, 5.74) is 0. The molecule has 0 saturated heterocycles. The quantitative estimate of drug-likeness (QED) is 0.746. The van der Waals surface area contributed by atoms with Gasteiger partial charge in [0.25, 0.3) is 0 Å². The van der Waals surface area contributed by atoms with Gasteiger partial charge in [0, 0.05) is 8.06 Å². The fraction of sp³-hybridized carbons (Fsp3) is 0.500. The molecule has 0 aliphatic heterocycles. The highest BCUT2D eigenvalue weighted by molar-refractivity contribution is 14.1. The summed E-state index contributed by atoms with van der Waals surface area (Å²) in [6, 6.07) is 0. The molecule has 0 aromatic heterocycles. The fourth-order valence-corrected chi connectivity index (χ4v) is 0.468. The van der Waals surface area contributed by atoms with Crippen LogP contribution in [0.4, 0.5) is 0 Å². The van der Waals surface area contributed by atoms with Crippen molar-refractivity contribution in [3.63, 3.8) is 0 Å². The van der Waals surface area contributed by atoms with E-state index in [1.54, 1.807) is 0 Å². The van der Waals surface area contributed by atoms with Crippen molar-refractivity contribution in [1.82, 2.24) is 0 Å². The van der Waals surface area contributed by atoms with E-state index in [0.29, 0.717) is 4.48 Å². The predicted octanol–water partition coefficient (Wildman–Crippen LogP) is 1.01. The monoisotopic (exact) mass is 292 g/mol. The van der Waals surface area contributed by atoms with Crippen LogP contribution < -0.4 is 0 Å². The summed E-state index contributed by atoms with van der Waals surface area (Å²) >= 11 is 5.02. The van der Waals surface area contributed by atoms with Gasteiger partial charge < -0.3 is 10.2 Å². The van der Waals surface area contributed by atoms with Gasteiger partial charge in [-0.25, -0.2) is 0 Å². The summed E-state index contributed by atoms with van der Waals surface area (Å²) in [5, 5.41) is 16.8. The Hall–Kier alpha value is 0.870. The first-order chi connectivity index (χ1) is 3.72. The lowest BCUT2D eigenvalue weighted by molar-refractivity contribution is 0.326. The van der Waals surface area contributed by atoms with Crippen molar-refractivity contribution in [2.75, 3.05) is 13.2 Å². The topological polar surface area (TPSA) is 40.5 Å². The second kappa shape index (κ2) is 4.72. The molecule has 2 nitrogen and oxygen atoms in total. The van der Waals surface area contributed by atoms with Gasteiger partial charge in [0.15, 0.2) is 0 Å². The van der Waals surface area contributed by atoms with E-state index in [9.17, 15) is 0 Å². The van der Waals surface area contributed by atoms with Crippen LogP contribution in [0.15, 0.2) is 8.06 Å². The molecule has 0 saturated carbocycles. The molecule has 8 heavy (non-hydrogen) atoms. The lowest BCUT2D eigenvalue weighted by Gasteiger charge is -1.94. The molecule has 0 spiro atoms. The van der Waals surface area contributed by atoms with E-state index in [1.807, 2.05) is 22.6 Å². The summed E-state index contributed by atoms with van der Waals surface area (Å²) in [5.74, 6) is 0. The van der Waals surface area contributed by atoms with Gasteiger partial charge in [-0.15, -0.1) is 0 Å². The zero-order chi connectivity index (χ0) is 6.57. The maximum absolute atomic E-state index is 8.43. The molecule has 0 aliphatic carbocycles. The largest absolute Gasteiger partial charge is 0.391 e. The smallest absolute Gasteiger partial charge is 0.0755 e. The molecule has 0 atom stereocenters. The highest BCUT2D eigenvalue weighted by Gasteiger charge is 1.94. The third kappa shape index (κ3) is 3.01.